The third kappa shape index (κ3) is 7.77. The second-order valence-electron chi connectivity index (χ2n) is 10.3. The average molecular weight is 544 g/mol. The van der Waals surface area contributed by atoms with Crippen LogP contribution in [-0.4, -0.2) is 66.5 Å². The number of aliphatic hydroxyl groups excluding tert-OH is 1. The van der Waals surface area contributed by atoms with Gasteiger partial charge in [-0.05, 0) is 61.3 Å². The number of carbonyl (C=O) groups excluding carboxylic acids is 2. The summed E-state index contributed by atoms with van der Waals surface area (Å²) in [5.41, 5.74) is 6.92. The number of halogens is 1. The molecule has 0 aliphatic carbocycles. The van der Waals surface area contributed by atoms with Gasteiger partial charge >= 0.3 is 6.09 Å². The molecule has 0 aromatic heterocycles. The number of piperidine rings is 1. The lowest BCUT2D eigenvalue weighted by Gasteiger charge is -2.44. The van der Waals surface area contributed by atoms with E-state index in [0.29, 0.717) is 55.5 Å². The fraction of sp³-hybridized carbons (Fsp3) is 0.533. The van der Waals surface area contributed by atoms with Gasteiger partial charge in [0.1, 0.15) is 5.82 Å². The quantitative estimate of drug-likeness (QED) is 0.303. The summed E-state index contributed by atoms with van der Waals surface area (Å²) in [6, 6.07) is 12.0. The van der Waals surface area contributed by atoms with E-state index in [1.165, 1.54) is 13.2 Å². The van der Waals surface area contributed by atoms with Crippen molar-refractivity contribution >= 4 is 12.0 Å². The van der Waals surface area contributed by atoms with E-state index in [2.05, 4.69) is 10.1 Å². The average Bonchev–Trinajstić information content (AvgIpc) is 2.97. The second-order valence-corrected chi connectivity index (χ2v) is 10.3. The molecule has 0 unspecified atom stereocenters. The normalized spacial score (nSPS) is 17.8. The first-order valence-corrected chi connectivity index (χ1v) is 13.8. The van der Waals surface area contributed by atoms with Gasteiger partial charge in [-0.2, -0.15) is 0 Å². The van der Waals surface area contributed by atoms with E-state index >= 15 is 4.39 Å². The summed E-state index contributed by atoms with van der Waals surface area (Å²) in [7, 11) is 1.29. The van der Waals surface area contributed by atoms with Gasteiger partial charge in [0.05, 0.1) is 19.3 Å². The molecule has 0 saturated carbocycles. The number of nitrogens with zero attached hydrogens (tertiary/aromatic N) is 1. The molecule has 9 heteroatoms. The minimum Gasteiger partial charge on any atom is -0.453 e. The summed E-state index contributed by atoms with van der Waals surface area (Å²) >= 11 is 0. The highest BCUT2D eigenvalue weighted by molar-refractivity contribution is 5.76. The van der Waals surface area contributed by atoms with Crippen LogP contribution in [0.5, 0.6) is 0 Å². The van der Waals surface area contributed by atoms with Crippen LogP contribution in [0.15, 0.2) is 42.5 Å². The van der Waals surface area contributed by atoms with Crippen LogP contribution in [0, 0.1) is 11.7 Å². The highest BCUT2D eigenvalue weighted by Crippen LogP contribution is 2.44. The number of benzene rings is 2. The van der Waals surface area contributed by atoms with Gasteiger partial charge < -0.3 is 30.9 Å². The molecule has 5 N–H and O–H groups in total. The Morgan fingerprint density at radius 1 is 1.28 bits per heavy atom. The molecule has 1 saturated heterocycles. The van der Waals surface area contributed by atoms with E-state index in [9.17, 15) is 19.8 Å². The molecule has 3 rings (SSSR count). The minimum atomic E-state index is -1.46. The lowest BCUT2D eigenvalue weighted by atomic mass is 9.72. The highest BCUT2D eigenvalue weighted by atomic mass is 19.1. The number of hydrogen-bond donors (Lipinski definition) is 4. The third-order valence-electron chi connectivity index (χ3n) is 7.71. The van der Waals surface area contributed by atoms with Crippen molar-refractivity contribution in [3.8, 4) is 11.1 Å². The maximum Gasteiger partial charge on any atom is 0.406 e. The Kier molecular flexibility index (Phi) is 11.3. The van der Waals surface area contributed by atoms with E-state index in [0.717, 1.165) is 12.0 Å². The molecule has 1 fully saturated rings. The van der Waals surface area contributed by atoms with Gasteiger partial charge in [0.15, 0.2) is 0 Å². The summed E-state index contributed by atoms with van der Waals surface area (Å²) in [6.07, 6.45) is 2.85. The Morgan fingerprint density at radius 3 is 2.77 bits per heavy atom. The number of amides is 2. The monoisotopic (exact) mass is 543 g/mol. The van der Waals surface area contributed by atoms with Crippen molar-refractivity contribution in [1.82, 2.24) is 10.2 Å². The Bertz CT molecular complexity index is 1110. The molecular formula is C30H42FN3O5. The third-order valence-corrected chi connectivity index (χ3v) is 7.71. The molecule has 1 aliphatic rings. The molecule has 8 nitrogen and oxygen atoms in total. The van der Waals surface area contributed by atoms with E-state index in [4.69, 9.17) is 5.73 Å². The number of likely N-dealkylation sites (tertiary alicyclic amines) is 1. The standard InChI is InChI=1S/C30H42FN3O5/c1-3-21-8-4-9-22(18-21)28-25(11-5-12-26(28)31)30(38,15-7-16-33-29(37)39-2)23-10-6-17-34(19-23)27(36)14-13-24(32)20-35/h4-5,8-9,11-12,18,23-24,35,38H,3,6-7,10,13-17,19-20,32H2,1-2H3,(H,33,37)/t23-,24-,30+/m1/s1. The number of ether oxygens (including phenoxy) is 1. The first kappa shape index (κ1) is 30.5. The Hall–Kier alpha value is -3.01. The van der Waals surface area contributed by atoms with Crippen LogP contribution in [0.4, 0.5) is 9.18 Å². The number of nitrogens with one attached hydrogen (secondary N) is 1. The number of rotatable bonds is 12. The van der Waals surface area contributed by atoms with Crippen LogP contribution < -0.4 is 11.1 Å². The molecule has 2 amide bonds. The largest absolute Gasteiger partial charge is 0.453 e. The number of methoxy groups -OCH3 is 1. The minimum absolute atomic E-state index is 0.0755. The number of hydrogen-bond acceptors (Lipinski definition) is 6. The fourth-order valence-electron chi connectivity index (χ4n) is 5.46. The van der Waals surface area contributed by atoms with E-state index < -0.39 is 23.6 Å². The number of carbonyl (C=O) groups is 2. The van der Waals surface area contributed by atoms with Crippen molar-refractivity contribution in [2.45, 2.75) is 63.5 Å². The zero-order valence-electron chi connectivity index (χ0n) is 23.0. The predicted molar refractivity (Wildman–Crippen MR) is 148 cm³/mol. The van der Waals surface area contributed by atoms with Crippen molar-refractivity contribution in [2.75, 3.05) is 33.4 Å². The molecule has 0 bridgehead atoms. The fourth-order valence-corrected chi connectivity index (χ4v) is 5.46. The van der Waals surface area contributed by atoms with E-state index in [-0.39, 0.29) is 37.8 Å². The van der Waals surface area contributed by atoms with Gasteiger partial charge in [-0.1, -0.05) is 43.3 Å². The van der Waals surface area contributed by atoms with Crippen molar-refractivity contribution in [3.63, 3.8) is 0 Å². The van der Waals surface area contributed by atoms with Gasteiger partial charge in [0.2, 0.25) is 5.91 Å². The molecule has 0 spiro atoms. The molecule has 2 aromatic carbocycles. The molecule has 1 heterocycles. The van der Waals surface area contributed by atoms with Crippen molar-refractivity contribution in [1.29, 1.82) is 0 Å². The predicted octanol–water partition coefficient (Wildman–Crippen LogP) is 3.72. The molecule has 39 heavy (non-hydrogen) atoms. The van der Waals surface area contributed by atoms with Gasteiger partial charge in [-0.15, -0.1) is 0 Å². The van der Waals surface area contributed by atoms with Crippen molar-refractivity contribution in [2.24, 2.45) is 11.7 Å². The van der Waals surface area contributed by atoms with Crippen molar-refractivity contribution < 1.29 is 28.9 Å². The zero-order valence-corrected chi connectivity index (χ0v) is 23.0. The van der Waals surface area contributed by atoms with Gasteiger partial charge in [-0.3, -0.25) is 4.79 Å². The number of aliphatic hydroxyl groups is 2. The van der Waals surface area contributed by atoms with E-state index in [1.807, 2.05) is 31.2 Å². The highest BCUT2D eigenvalue weighted by Gasteiger charge is 2.43. The number of nitrogens with two attached hydrogens (primary N) is 1. The first-order valence-electron chi connectivity index (χ1n) is 13.8. The SMILES string of the molecule is CCc1cccc(-c2c(F)cccc2[C@](O)(CCCNC(=O)OC)[C@@H]2CCCN(C(=O)CC[C@@H](N)CO)C2)c1. The van der Waals surface area contributed by atoms with Crippen LogP contribution in [0.2, 0.25) is 0 Å². The summed E-state index contributed by atoms with van der Waals surface area (Å²) in [6.45, 7) is 3.01. The Labute approximate surface area is 230 Å². The van der Waals surface area contributed by atoms with Gasteiger partial charge in [-0.25, -0.2) is 9.18 Å². The van der Waals surface area contributed by atoms with Crippen LogP contribution in [0.25, 0.3) is 11.1 Å². The number of alkyl carbamates (subject to hydrolysis) is 1. The van der Waals surface area contributed by atoms with Crippen LogP contribution in [-0.2, 0) is 21.6 Å². The Balaban J connectivity index is 1.97. The molecule has 2 aromatic rings. The summed E-state index contributed by atoms with van der Waals surface area (Å²) in [4.78, 5) is 26.3. The topological polar surface area (TPSA) is 125 Å². The number of aryl methyl sites for hydroxylation is 1. The lowest BCUT2D eigenvalue weighted by molar-refractivity contribution is -0.137. The molecule has 214 valence electrons. The van der Waals surface area contributed by atoms with Crippen LogP contribution in [0.3, 0.4) is 0 Å². The van der Waals surface area contributed by atoms with Crippen LogP contribution >= 0.6 is 0 Å². The molecule has 1 aliphatic heterocycles. The summed E-state index contributed by atoms with van der Waals surface area (Å²) in [5.74, 6) is -0.850. The van der Waals surface area contributed by atoms with Crippen LogP contribution in [0.1, 0.15) is 56.6 Å². The summed E-state index contributed by atoms with van der Waals surface area (Å²) < 4.78 is 20.2. The van der Waals surface area contributed by atoms with Crippen molar-refractivity contribution in [3.05, 3.63) is 59.4 Å². The molecule has 3 atom stereocenters. The van der Waals surface area contributed by atoms with Gasteiger partial charge in [0, 0.05) is 43.6 Å². The second kappa shape index (κ2) is 14.4. The first-order chi connectivity index (χ1) is 18.7. The van der Waals surface area contributed by atoms with Gasteiger partial charge in [0.25, 0.3) is 0 Å². The molecule has 0 radical (unpaired) electrons. The lowest BCUT2D eigenvalue weighted by Crippen LogP contribution is -2.48. The molecular weight excluding hydrogens is 501 g/mol. The zero-order chi connectivity index (χ0) is 28.4. The Morgan fingerprint density at radius 2 is 2.05 bits per heavy atom. The summed E-state index contributed by atoms with van der Waals surface area (Å²) in [5, 5.41) is 24.3. The van der Waals surface area contributed by atoms with E-state index in [1.54, 1.807) is 17.0 Å². The maximum absolute atomic E-state index is 15.5. The maximum atomic E-state index is 15.5. The smallest absolute Gasteiger partial charge is 0.406 e.